The average Bonchev–Trinajstić information content (AvgIpc) is 3.08. The van der Waals surface area contributed by atoms with E-state index in [0.717, 1.165) is 31.6 Å². The normalized spacial score (nSPS) is 15.9. The van der Waals surface area contributed by atoms with E-state index in [9.17, 15) is 13.2 Å². The molecule has 0 fully saturated rings. The molecule has 2 heterocycles. The predicted octanol–water partition coefficient (Wildman–Crippen LogP) is 3.74. The summed E-state index contributed by atoms with van der Waals surface area (Å²) in [5.74, 6) is 0. The van der Waals surface area contributed by atoms with Crippen molar-refractivity contribution in [1.82, 2.24) is 15.2 Å². The molecule has 0 amide bonds. The average molecular weight is 339 g/mol. The molecule has 0 aliphatic carbocycles. The zero-order chi connectivity index (χ0) is 17.3. The van der Waals surface area contributed by atoms with Gasteiger partial charge in [0.1, 0.15) is 0 Å². The molecule has 0 bridgehead atoms. The molecule has 0 saturated carbocycles. The Kier molecular flexibility index (Phi) is 4.88. The van der Waals surface area contributed by atoms with Gasteiger partial charge in [0.15, 0.2) is 0 Å². The summed E-state index contributed by atoms with van der Waals surface area (Å²) in [6.45, 7) is 5.68. The lowest BCUT2D eigenvalue weighted by atomic mass is 10.0. The Balaban J connectivity index is 1.87. The van der Waals surface area contributed by atoms with Gasteiger partial charge in [-0.3, -0.25) is 0 Å². The fraction of sp³-hybridized carbons (Fsp3) is 0.556. The van der Waals surface area contributed by atoms with Crippen molar-refractivity contribution in [3.8, 4) is 0 Å². The number of hydrogen-bond donors (Lipinski definition) is 2. The Morgan fingerprint density at radius 2 is 1.96 bits per heavy atom. The summed E-state index contributed by atoms with van der Waals surface area (Å²) in [7, 11) is 0. The summed E-state index contributed by atoms with van der Waals surface area (Å²) in [5.41, 5.74) is 4.94. The molecular formula is C18H24F3N3. The first-order valence-electron chi connectivity index (χ1n) is 8.51. The molecule has 1 aliphatic rings. The van der Waals surface area contributed by atoms with Crippen LogP contribution in [0.3, 0.4) is 0 Å². The van der Waals surface area contributed by atoms with E-state index in [0.29, 0.717) is 6.42 Å². The van der Waals surface area contributed by atoms with Gasteiger partial charge in [-0.25, -0.2) is 0 Å². The van der Waals surface area contributed by atoms with Gasteiger partial charge in [-0.15, -0.1) is 0 Å². The van der Waals surface area contributed by atoms with Crippen molar-refractivity contribution < 1.29 is 13.2 Å². The Morgan fingerprint density at radius 3 is 2.62 bits per heavy atom. The quantitative estimate of drug-likeness (QED) is 0.839. The van der Waals surface area contributed by atoms with Crippen molar-refractivity contribution in [3.05, 3.63) is 35.0 Å². The van der Waals surface area contributed by atoms with E-state index in [1.807, 2.05) is 6.92 Å². The number of aryl methyl sites for hydroxylation is 1. The highest BCUT2D eigenvalue weighted by molar-refractivity contribution is 5.86. The van der Waals surface area contributed by atoms with Crippen LogP contribution < -0.4 is 10.6 Å². The van der Waals surface area contributed by atoms with Crippen LogP contribution in [0.5, 0.6) is 0 Å². The number of aromatic nitrogens is 1. The molecule has 1 aliphatic heterocycles. The summed E-state index contributed by atoms with van der Waals surface area (Å²) in [4.78, 5) is 0. The van der Waals surface area contributed by atoms with E-state index in [-0.39, 0.29) is 6.04 Å². The number of nitrogens with zero attached hydrogens (tertiary/aromatic N) is 1. The first-order chi connectivity index (χ1) is 11.4. The maximum Gasteiger partial charge on any atom is 0.401 e. The van der Waals surface area contributed by atoms with Crippen LogP contribution in [0.25, 0.3) is 10.9 Å². The Labute approximate surface area is 140 Å². The van der Waals surface area contributed by atoms with Crippen molar-refractivity contribution in [2.75, 3.05) is 6.54 Å². The molecule has 3 nitrogen and oxygen atoms in total. The molecule has 3 rings (SSSR count). The summed E-state index contributed by atoms with van der Waals surface area (Å²) >= 11 is 0. The molecule has 132 valence electrons. The third kappa shape index (κ3) is 3.75. The lowest BCUT2D eigenvalue weighted by molar-refractivity contribution is -0.126. The van der Waals surface area contributed by atoms with Crippen molar-refractivity contribution in [1.29, 1.82) is 0 Å². The van der Waals surface area contributed by atoms with E-state index < -0.39 is 12.7 Å². The first kappa shape index (κ1) is 17.3. The standard InChI is InChI=1S/C18H24F3N3/c1-3-4-24-10-15(5-12(2)23-11-18(19,20)21)16-6-13-8-22-9-14(13)7-17(16)24/h6-7,10,12,22-23H,3-5,8-9,11H2,1-2H3. The minimum Gasteiger partial charge on any atom is -0.347 e. The first-order valence-corrected chi connectivity index (χ1v) is 8.51. The number of rotatable bonds is 6. The van der Waals surface area contributed by atoms with Gasteiger partial charge in [0.05, 0.1) is 6.54 Å². The summed E-state index contributed by atoms with van der Waals surface area (Å²) in [6, 6.07) is 4.22. The van der Waals surface area contributed by atoms with Gasteiger partial charge in [-0.1, -0.05) is 6.92 Å². The molecular weight excluding hydrogens is 315 g/mol. The van der Waals surface area contributed by atoms with Gasteiger partial charge in [0, 0.05) is 42.8 Å². The van der Waals surface area contributed by atoms with E-state index in [4.69, 9.17) is 0 Å². The molecule has 1 unspecified atom stereocenters. The minimum absolute atomic E-state index is 0.223. The number of benzene rings is 1. The third-order valence-electron chi connectivity index (χ3n) is 4.56. The van der Waals surface area contributed by atoms with Crippen LogP contribution in [0.2, 0.25) is 0 Å². The predicted molar refractivity (Wildman–Crippen MR) is 90.0 cm³/mol. The fourth-order valence-corrected chi connectivity index (χ4v) is 3.44. The van der Waals surface area contributed by atoms with Crippen LogP contribution in [0.1, 0.15) is 37.0 Å². The SMILES string of the molecule is CCCn1cc(CC(C)NCC(F)(F)F)c2cc3c(cc21)CNC3. The number of fused-ring (bicyclic) bond motifs is 2. The van der Waals surface area contributed by atoms with Crippen molar-refractivity contribution in [3.63, 3.8) is 0 Å². The van der Waals surface area contributed by atoms with E-state index in [2.05, 4.69) is 40.5 Å². The molecule has 6 heteroatoms. The van der Waals surface area contributed by atoms with Gasteiger partial charge in [0.25, 0.3) is 0 Å². The number of nitrogens with one attached hydrogen (secondary N) is 2. The lowest BCUT2D eigenvalue weighted by Crippen LogP contribution is -2.36. The van der Waals surface area contributed by atoms with Crippen LogP contribution in [0.4, 0.5) is 13.2 Å². The molecule has 2 aromatic rings. The van der Waals surface area contributed by atoms with Gasteiger partial charge >= 0.3 is 6.18 Å². The maximum atomic E-state index is 12.4. The van der Waals surface area contributed by atoms with E-state index in [1.54, 1.807) is 0 Å². The van der Waals surface area contributed by atoms with Gasteiger partial charge in [-0.05, 0) is 48.6 Å². The van der Waals surface area contributed by atoms with Crippen LogP contribution in [0, 0.1) is 0 Å². The van der Waals surface area contributed by atoms with E-state index in [1.165, 1.54) is 22.0 Å². The second-order valence-corrected chi connectivity index (χ2v) is 6.69. The Hall–Kier alpha value is -1.53. The molecule has 0 spiro atoms. The topological polar surface area (TPSA) is 29.0 Å². The number of alkyl halides is 3. The highest BCUT2D eigenvalue weighted by Crippen LogP contribution is 2.29. The highest BCUT2D eigenvalue weighted by Gasteiger charge is 2.27. The largest absolute Gasteiger partial charge is 0.401 e. The second kappa shape index (κ2) is 6.76. The molecule has 0 radical (unpaired) electrons. The third-order valence-corrected chi connectivity index (χ3v) is 4.56. The van der Waals surface area contributed by atoms with Crippen LogP contribution >= 0.6 is 0 Å². The van der Waals surface area contributed by atoms with Crippen molar-refractivity contribution in [2.24, 2.45) is 0 Å². The summed E-state index contributed by atoms with van der Waals surface area (Å²) in [6.07, 6.45) is -0.435. The van der Waals surface area contributed by atoms with Crippen molar-refractivity contribution >= 4 is 10.9 Å². The molecule has 2 N–H and O–H groups in total. The summed E-state index contributed by atoms with van der Waals surface area (Å²) in [5, 5.41) is 7.11. The van der Waals surface area contributed by atoms with Gasteiger partial charge in [0.2, 0.25) is 0 Å². The van der Waals surface area contributed by atoms with Gasteiger partial charge < -0.3 is 15.2 Å². The Bertz CT molecular complexity index is 718. The molecule has 0 saturated heterocycles. The molecule has 1 atom stereocenters. The maximum absolute atomic E-state index is 12.4. The second-order valence-electron chi connectivity index (χ2n) is 6.69. The number of halogens is 3. The van der Waals surface area contributed by atoms with Gasteiger partial charge in [-0.2, -0.15) is 13.2 Å². The Morgan fingerprint density at radius 1 is 1.25 bits per heavy atom. The van der Waals surface area contributed by atoms with Crippen LogP contribution in [0.15, 0.2) is 18.3 Å². The summed E-state index contributed by atoms with van der Waals surface area (Å²) < 4.78 is 39.4. The number of hydrogen-bond acceptors (Lipinski definition) is 2. The zero-order valence-corrected chi connectivity index (χ0v) is 14.1. The van der Waals surface area contributed by atoms with Crippen LogP contribution in [-0.2, 0) is 26.1 Å². The molecule has 1 aromatic heterocycles. The monoisotopic (exact) mass is 339 g/mol. The zero-order valence-electron chi connectivity index (χ0n) is 14.1. The fourth-order valence-electron chi connectivity index (χ4n) is 3.44. The van der Waals surface area contributed by atoms with Crippen molar-refractivity contribution in [2.45, 2.75) is 58.5 Å². The smallest absolute Gasteiger partial charge is 0.347 e. The minimum atomic E-state index is -4.17. The molecule has 24 heavy (non-hydrogen) atoms. The van der Waals surface area contributed by atoms with Crippen LogP contribution in [-0.4, -0.2) is 23.3 Å². The lowest BCUT2D eigenvalue weighted by Gasteiger charge is -2.15. The van der Waals surface area contributed by atoms with E-state index >= 15 is 0 Å². The highest BCUT2D eigenvalue weighted by atomic mass is 19.4. The molecule has 1 aromatic carbocycles.